The molecule has 0 saturated heterocycles. The number of aryl methyl sites for hydroxylation is 1. The molecule has 0 spiro atoms. The first kappa shape index (κ1) is 11.1. The van der Waals surface area contributed by atoms with E-state index < -0.39 is 5.67 Å². The minimum Gasteiger partial charge on any atom is -0.328 e. The average Bonchev–Trinajstić information content (AvgIpc) is 2.65. The van der Waals surface area contributed by atoms with E-state index in [9.17, 15) is 4.39 Å². The highest BCUT2D eigenvalue weighted by Crippen LogP contribution is 2.19. The van der Waals surface area contributed by atoms with Crippen LogP contribution in [0.2, 0.25) is 0 Å². The summed E-state index contributed by atoms with van der Waals surface area (Å²) in [6.07, 6.45) is 2.10. The van der Waals surface area contributed by atoms with Crippen molar-refractivity contribution < 1.29 is 4.39 Å². The third-order valence-corrected chi connectivity index (χ3v) is 2.47. The van der Waals surface area contributed by atoms with Gasteiger partial charge in [0.2, 0.25) is 0 Å². The van der Waals surface area contributed by atoms with Crippen LogP contribution in [0.15, 0.2) is 6.33 Å². The predicted octanol–water partition coefficient (Wildman–Crippen LogP) is 0.917. The third-order valence-electron chi connectivity index (χ3n) is 2.47. The summed E-state index contributed by atoms with van der Waals surface area (Å²) in [6, 6.07) is 0. The lowest BCUT2D eigenvalue weighted by Gasteiger charge is -2.20. The van der Waals surface area contributed by atoms with Gasteiger partial charge >= 0.3 is 0 Å². The Bertz CT molecular complexity index is 280. The highest BCUT2D eigenvalue weighted by Gasteiger charge is 2.28. The van der Waals surface area contributed by atoms with Crippen LogP contribution in [0.3, 0.4) is 0 Å². The summed E-state index contributed by atoms with van der Waals surface area (Å²) in [4.78, 5) is 4.02. The van der Waals surface area contributed by atoms with E-state index in [1.165, 1.54) is 6.33 Å². The van der Waals surface area contributed by atoms with Gasteiger partial charge in [-0.25, -0.2) is 9.37 Å². The van der Waals surface area contributed by atoms with Crippen LogP contribution in [-0.4, -0.2) is 27.0 Å². The summed E-state index contributed by atoms with van der Waals surface area (Å²) in [6.45, 7) is 4.48. The number of hydrogen-bond donors (Lipinski definition) is 1. The van der Waals surface area contributed by atoms with Gasteiger partial charge in [-0.15, -0.1) is 0 Å². The van der Waals surface area contributed by atoms with Crippen molar-refractivity contribution in [1.29, 1.82) is 0 Å². The molecule has 1 unspecified atom stereocenters. The number of aromatic nitrogens is 3. The zero-order valence-electron chi connectivity index (χ0n) is 8.70. The summed E-state index contributed by atoms with van der Waals surface area (Å²) in [5.74, 6) is 0.669. The molecule has 80 valence electrons. The normalized spacial score (nSPS) is 15.4. The lowest BCUT2D eigenvalue weighted by Crippen LogP contribution is -2.35. The predicted molar refractivity (Wildman–Crippen MR) is 52.6 cm³/mol. The second-order valence-corrected chi connectivity index (χ2v) is 3.38. The van der Waals surface area contributed by atoms with Crippen molar-refractivity contribution in [2.24, 2.45) is 5.73 Å². The summed E-state index contributed by atoms with van der Waals surface area (Å²) in [5.41, 5.74) is 4.05. The number of halogens is 1. The van der Waals surface area contributed by atoms with Crippen molar-refractivity contribution in [1.82, 2.24) is 14.8 Å². The molecule has 0 amide bonds. The van der Waals surface area contributed by atoms with Crippen molar-refractivity contribution in [3.05, 3.63) is 12.2 Å². The van der Waals surface area contributed by atoms with E-state index in [1.54, 1.807) is 11.6 Å². The van der Waals surface area contributed by atoms with Crippen molar-refractivity contribution >= 4 is 0 Å². The zero-order chi connectivity index (χ0) is 10.6. The SMILES string of the molecule is CCn1ncnc1CC(F)(CC)CN. The fourth-order valence-corrected chi connectivity index (χ4v) is 1.31. The monoisotopic (exact) mass is 200 g/mol. The fourth-order valence-electron chi connectivity index (χ4n) is 1.31. The summed E-state index contributed by atoms with van der Waals surface area (Å²) in [7, 11) is 0. The third kappa shape index (κ3) is 2.29. The van der Waals surface area contributed by atoms with Crippen LogP contribution < -0.4 is 5.73 Å². The Labute approximate surface area is 83.3 Å². The molecule has 1 rings (SSSR count). The van der Waals surface area contributed by atoms with Crippen LogP contribution in [0.5, 0.6) is 0 Å². The van der Waals surface area contributed by atoms with Crippen LogP contribution in [-0.2, 0) is 13.0 Å². The van der Waals surface area contributed by atoms with Gasteiger partial charge < -0.3 is 5.73 Å². The van der Waals surface area contributed by atoms with Crippen LogP contribution in [0.25, 0.3) is 0 Å². The summed E-state index contributed by atoms with van der Waals surface area (Å²) >= 11 is 0. The maximum Gasteiger partial charge on any atom is 0.138 e. The Morgan fingerprint density at radius 3 is 2.79 bits per heavy atom. The molecular weight excluding hydrogens is 183 g/mol. The van der Waals surface area contributed by atoms with Crippen LogP contribution in [0.1, 0.15) is 26.1 Å². The van der Waals surface area contributed by atoms with Gasteiger partial charge in [-0.05, 0) is 13.3 Å². The lowest BCUT2D eigenvalue weighted by atomic mass is 9.98. The molecule has 0 aromatic carbocycles. The summed E-state index contributed by atoms with van der Waals surface area (Å²) < 4.78 is 15.6. The summed E-state index contributed by atoms with van der Waals surface area (Å²) in [5, 5.41) is 3.99. The molecule has 2 N–H and O–H groups in total. The van der Waals surface area contributed by atoms with Crippen LogP contribution >= 0.6 is 0 Å². The van der Waals surface area contributed by atoms with Crippen LogP contribution in [0.4, 0.5) is 4.39 Å². The molecule has 0 aliphatic carbocycles. The molecule has 1 aromatic rings. The molecule has 0 bridgehead atoms. The maximum atomic E-state index is 13.9. The van der Waals surface area contributed by atoms with E-state index in [0.717, 1.165) is 0 Å². The number of hydrogen-bond acceptors (Lipinski definition) is 3. The van der Waals surface area contributed by atoms with Crippen molar-refractivity contribution in [3.63, 3.8) is 0 Å². The molecule has 4 nitrogen and oxygen atoms in total. The van der Waals surface area contributed by atoms with E-state index in [1.807, 2.05) is 6.92 Å². The minimum absolute atomic E-state index is 0.0279. The smallest absolute Gasteiger partial charge is 0.138 e. The minimum atomic E-state index is -1.35. The number of nitrogens with two attached hydrogens (primary N) is 1. The standard InChI is InChI=1S/C9H17FN4/c1-3-9(10,6-11)5-8-12-7-13-14(8)4-2/h7H,3-6,11H2,1-2H3. The van der Waals surface area contributed by atoms with Gasteiger partial charge in [-0.3, -0.25) is 4.68 Å². The van der Waals surface area contributed by atoms with Crippen LogP contribution in [0, 0.1) is 0 Å². The molecule has 0 aliphatic heterocycles. The van der Waals surface area contributed by atoms with Gasteiger partial charge in [-0.2, -0.15) is 5.10 Å². The zero-order valence-corrected chi connectivity index (χ0v) is 8.70. The topological polar surface area (TPSA) is 56.7 Å². The average molecular weight is 200 g/mol. The second-order valence-electron chi connectivity index (χ2n) is 3.38. The first-order chi connectivity index (χ1) is 6.65. The molecule has 1 aromatic heterocycles. The Kier molecular flexibility index (Phi) is 3.57. The maximum absolute atomic E-state index is 13.9. The first-order valence-corrected chi connectivity index (χ1v) is 4.91. The molecular formula is C9H17FN4. The molecule has 0 aliphatic rings. The van der Waals surface area contributed by atoms with Gasteiger partial charge in [0.15, 0.2) is 0 Å². The lowest BCUT2D eigenvalue weighted by molar-refractivity contribution is 0.162. The quantitative estimate of drug-likeness (QED) is 0.768. The number of rotatable bonds is 5. The van der Waals surface area contributed by atoms with Gasteiger partial charge in [0.25, 0.3) is 0 Å². The van der Waals surface area contributed by atoms with E-state index in [0.29, 0.717) is 18.8 Å². The van der Waals surface area contributed by atoms with Gasteiger partial charge in [-0.1, -0.05) is 6.92 Å². The Hall–Kier alpha value is -0.970. The van der Waals surface area contributed by atoms with E-state index in [4.69, 9.17) is 5.73 Å². The molecule has 0 radical (unpaired) electrons. The van der Waals surface area contributed by atoms with Gasteiger partial charge in [0.1, 0.15) is 17.8 Å². The van der Waals surface area contributed by atoms with Gasteiger partial charge in [0, 0.05) is 19.5 Å². The molecule has 1 atom stereocenters. The van der Waals surface area contributed by atoms with Crippen molar-refractivity contribution in [3.8, 4) is 0 Å². The molecule has 1 heterocycles. The molecule has 5 heteroatoms. The molecule has 14 heavy (non-hydrogen) atoms. The van der Waals surface area contributed by atoms with E-state index >= 15 is 0 Å². The Balaban J connectivity index is 2.76. The fraction of sp³-hybridized carbons (Fsp3) is 0.778. The number of alkyl halides is 1. The highest BCUT2D eigenvalue weighted by atomic mass is 19.1. The Morgan fingerprint density at radius 1 is 1.57 bits per heavy atom. The van der Waals surface area contributed by atoms with E-state index in [2.05, 4.69) is 10.1 Å². The van der Waals surface area contributed by atoms with Crippen molar-refractivity contribution in [2.45, 2.75) is 38.9 Å². The van der Waals surface area contributed by atoms with Crippen molar-refractivity contribution in [2.75, 3.05) is 6.54 Å². The Morgan fingerprint density at radius 2 is 2.29 bits per heavy atom. The van der Waals surface area contributed by atoms with E-state index in [-0.39, 0.29) is 13.0 Å². The molecule has 0 saturated carbocycles. The first-order valence-electron chi connectivity index (χ1n) is 4.91. The molecule has 0 fully saturated rings. The largest absolute Gasteiger partial charge is 0.328 e. The van der Waals surface area contributed by atoms with Gasteiger partial charge in [0.05, 0.1) is 0 Å². The highest BCUT2D eigenvalue weighted by molar-refractivity contribution is 4.95. The number of nitrogens with zero attached hydrogens (tertiary/aromatic N) is 3. The second kappa shape index (κ2) is 4.50.